The summed E-state index contributed by atoms with van der Waals surface area (Å²) in [5.41, 5.74) is 1.90. The van der Waals surface area contributed by atoms with Crippen molar-refractivity contribution in [3.05, 3.63) is 16.4 Å². The minimum absolute atomic E-state index is 0.111. The van der Waals surface area contributed by atoms with E-state index >= 15 is 0 Å². The molecule has 0 spiro atoms. The molecule has 1 unspecified atom stereocenters. The van der Waals surface area contributed by atoms with E-state index in [2.05, 4.69) is 10.4 Å². The van der Waals surface area contributed by atoms with E-state index in [-0.39, 0.29) is 17.5 Å². The molecule has 2 heterocycles. The van der Waals surface area contributed by atoms with Gasteiger partial charge in [0, 0.05) is 12.1 Å². The zero-order valence-corrected chi connectivity index (χ0v) is 14.6. The van der Waals surface area contributed by atoms with Crippen LogP contribution in [0.3, 0.4) is 0 Å². The van der Waals surface area contributed by atoms with Crippen LogP contribution in [0.25, 0.3) is 0 Å². The first kappa shape index (κ1) is 16.3. The minimum atomic E-state index is -2.93. The summed E-state index contributed by atoms with van der Waals surface area (Å²) in [4.78, 5) is 0. The summed E-state index contributed by atoms with van der Waals surface area (Å²) < 4.78 is 25.0. The molecule has 1 saturated heterocycles. The van der Waals surface area contributed by atoms with Crippen LogP contribution in [0.5, 0.6) is 0 Å². The molecule has 1 aliphatic heterocycles. The third-order valence-electron chi connectivity index (χ3n) is 4.91. The molecule has 5 nitrogen and oxygen atoms in total. The highest BCUT2D eigenvalue weighted by Gasteiger charge is 2.32. The van der Waals surface area contributed by atoms with E-state index in [1.165, 1.54) is 25.7 Å². The van der Waals surface area contributed by atoms with Crippen LogP contribution in [0.4, 0.5) is 0 Å². The number of sulfone groups is 1. The van der Waals surface area contributed by atoms with E-state index in [0.717, 1.165) is 23.7 Å². The third kappa shape index (κ3) is 3.49. The molecule has 2 aliphatic rings. The summed E-state index contributed by atoms with van der Waals surface area (Å²) >= 11 is 6.46. The quantitative estimate of drug-likeness (QED) is 0.890. The molecular formula is C15H24ClN3O2S. The van der Waals surface area contributed by atoms with Crippen LogP contribution in [-0.4, -0.2) is 36.2 Å². The number of hydrogen-bond acceptors (Lipinski definition) is 4. The molecule has 1 atom stereocenters. The number of nitrogens with zero attached hydrogens (tertiary/aromatic N) is 2. The highest BCUT2D eigenvalue weighted by Crippen LogP contribution is 2.30. The Labute approximate surface area is 137 Å². The first-order valence-corrected chi connectivity index (χ1v) is 10.3. The lowest BCUT2D eigenvalue weighted by Gasteiger charge is -2.11. The molecule has 124 valence electrons. The molecule has 1 saturated carbocycles. The van der Waals surface area contributed by atoms with Gasteiger partial charge in [0.1, 0.15) is 5.15 Å². The van der Waals surface area contributed by atoms with Crippen LogP contribution in [0.15, 0.2) is 0 Å². The van der Waals surface area contributed by atoms with Gasteiger partial charge < -0.3 is 5.32 Å². The third-order valence-corrected chi connectivity index (χ3v) is 7.06. The molecule has 0 aromatic carbocycles. The number of nitrogens with one attached hydrogen (secondary N) is 1. The Balaban J connectivity index is 1.65. The molecule has 2 fully saturated rings. The van der Waals surface area contributed by atoms with Crippen LogP contribution in [0.1, 0.15) is 49.4 Å². The van der Waals surface area contributed by atoms with Crippen molar-refractivity contribution >= 4 is 21.4 Å². The number of hydrogen-bond donors (Lipinski definition) is 1. The smallest absolute Gasteiger partial charge is 0.152 e. The fraction of sp³-hybridized carbons (Fsp3) is 0.800. The van der Waals surface area contributed by atoms with Gasteiger partial charge in [-0.2, -0.15) is 5.10 Å². The Hall–Kier alpha value is -0.590. The van der Waals surface area contributed by atoms with Gasteiger partial charge in [-0.15, -0.1) is 0 Å². The van der Waals surface area contributed by atoms with Gasteiger partial charge in [-0.3, -0.25) is 0 Å². The maximum atomic E-state index is 11.6. The van der Waals surface area contributed by atoms with Crippen molar-refractivity contribution < 1.29 is 8.42 Å². The molecule has 22 heavy (non-hydrogen) atoms. The van der Waals surface area contributed by atoms with Crippen molar-refractivity contribution in [1.29, 1.82) is 0 Å². The van der Waals surface area contributed by atoms with Gasteiger partial charge in [-0.25, -0.2) is 13.1 Å². The first-order chi connectivity index (χ1) is 10.5. The molecule has 1 aliphatic carbocycles. The monoisotopic (exact) mass is 345 g/mol. The van der Waals surface area contributed by atoms with Gasteiger partial charge in [0.05, 0.1) is 23.2 Å². The highest BCUT2D eigenvalue weighted by atomic mass is 35.5. The van der Waals surface area contributed by atoms with E-state index in [9.17, 15) is 8.42 Å². The van der Waals surface area contributed by atoms with Crippen molar-refractivity contribution in [2.24, 2.45) is 5.92 Å². The van der Waals surface area contributed by atoms with Gasteiger partial charge in [0.15, 0.2) is 9.84 Å². The Kier molecular flexibility index (Phi) is 4.80. The zero-order chi connectivity index (χ0) is 15.7. The lowest BCUT2D eigenvalue weighted by atomic mass is 10.1. The minimum Gasteiger partial charge on any atom is -0.312 e. The second-order valence-corrected chi connectivity index (χ2v) is 9.22. The fourth-order valence-electron chi connectivity index (χ4n) is 3.58. The average Bonchev–Trinajstić information content (AvgIpc) is 3.14. The van der Waals surface area contributed by atoms with E-state index in [0.29, 0.717) is 18.1 Å². The molecule has 1 N–H and O–H groups in total. The molecule has 7 heteroatoms. The van der Waals surface area contributed by atoms with Crippen molar-refractivity contribution in [2.45, 2.75) is 51.6 Å². The van der Waals surface area contributed by atoms with Crippen LogP contribution in [-0.2, 0) is 16.4 Å². The molecule has 0 bridgehead atoms. The predicted molar refractivity (Wildman–Crippen MR) is 87.9 cm³/mol. The number of rotatable bonds is 5. The second-order valence-electron chi connectivity index (χ2n) is 6.64. The molecule has 3 rings (SSSR count). The molecular weight excluding hydrogens is 322 g/mol. The number of halogens is 1. The maximum absolute atomic E-state index is 11.6. The maximum Gasteiger partial charge on any atom is 0.152 e. The summed E-state index contributed by atoms with van der Waals surface area (Å²) in [6.45, 7) is 3.68. The Bertz CT molecular complexity index is 635. The summed E-state index contributed by atoms with van der Waals surface area (Å²) in [5, 5.41) is 8.57. The van der Waals surface area contributed by atoms with Gasteiger partial charge in [-0.05, 0) is 38.6 Å². The van der Waals surface area contributed by atoms with E-state index in [1.54, 1.807) is 4.68 Å². The molecule has 0 amide bonds. The number of aromatic nitrogens is 2. The summed E-state index contributed by atoms with van der Waals surface area (Å²) in [6.07, 6.45) is 5.94. The van der Waals surface area contributed by atoms with E-state index < -0.39 is 9.84 Å². The van der Waals surface area contributed by atoms with E-state index in [1.807, 2.05) is 6.92 Å². The van der Waals surface area contributed by atoms with Crippen molar-refractivity contribution in [3.8, 4) is 0 Å². The zero-order valence-electron chi connectivity index (χ0n) is 13.0. The van der Waals surface area contributed by atoms with Crippen LogP contribution in [0, 0.1) is 12.8 Å². The predicted octanol–water partition coefficient (Wildman–Crippen LogP) is 2.48. The normalized spacial score (nSPS) is 25.1. The standard InChI is InChI=1S/C15H24ClN3O2S/c1-11-14(9-17-8-12-4-2-3-5-12)15(16)19(18-11)13-6-7-22(20,21)10-13/h12-13,17H,2-10H2,1H3. The largest absolute Gasteiger partial charge is 0.312 e. The lowest BCUT2D eigenvalue weighted by molar-refractivity contribution is 0.487. The van der Waals surface area contributed by atoms with Crippen LogP contribution >= 0.6 is 11.6 Å². The summed E-state index contributed by atoms with van der Waals surface area (Å²) in [6, 6.07) is -0.111. The van der Waals surface area contributed by atoms with E-state index in [4.69, 9.17) is 11.6 Å². The van der Waals surface area contributed by atoms with Crippen LogP contribution < -0.4 is 5.32 Å². The summed E-state index contributed by atoms with van der Waals surface area (Å²) in [5.74, 6) is 1.18. The van der Waals surface area contributed by atoms with Crippen LogP contribution in [0.2, 0.25) is 5.15 Å². The molecule has 0 radical (unpaired) electrons. The first-order valence-electron chi connectivity index (χ1n) is 8.11. The SMILES string of the molecule is Cc1nn(C2CCS(=O)(=O)C2)c(Cl)c1CNCC1CCCC1. The molecule has 1 aromatic heterocycles. The van der Waals surface area contributed by atoms with Gasteiger partial charge >= 0.3 is 0 Å². The Morgan fingerprint density at radius 2 is 2.05 bits per heavy atom. The topological polar surface area (TPSA) is 64.0 Å². The average molecular weight is 346 g/mol. The Morgan fingerprint density at radius 3 is 2.68 bits per heavy atom. The summed E-state index contributed by atoms with van der Waals surface area (Å²) in [7, 11) is -2.93. The lowest BCUT2D eigenvalue weighted by Crippen LogP contribution is -2.21. The van der Waals surface area contributed by atoms with Gasteiger partial charge in [0.25, 0.3) is 0 Å². The second kappa shape index (κ2) is 6.49. The van der Waals surface area contributed by atoms with Gasteiger partial charge in [0.2, 0.25) is 0 Å². The molecule has 1 aromatic rings. The van der Waals surface area contributed by atoms with Crippen molar-refractivity contribution in [1.82, 2.24) is 15.1 Å². The number of aryl methyl sites for hydroxylation is 1. The fourth-order valence-corrected chi connectivity index (χ4v) is 5.65. The highest BCUT2D eigenvalue weighted by molar-refractivity contribution is 7.91. The Morgan fingerprint density at radius 1 is 1.32 bits per heavy atom. The van der Waals surface area contributed by atoms with Gasteiger partial charge in [-0.1, -0.05) is 24.4 Å². The van der Waals surface area contributed by atoms with Crippen molar-refractivity contribution in [3.63, 3.8) is 0 Å². The van der Waals surface area contributed by atoms with Crippen molar-refractivity contribution in [2.75, 3.05) is 18.1 Å².